The molecule has 0 spiro atoms. The van der Waals surface area contributed by atoms with Gasteiger partial charge in [0, 0.05) is 24.0 Å². The van der Waals surface area contributed by atoms with Gasteiger partial charge in [-0.05, 0) is 131 Å². The van der Waals surface area contributed by atoms with E-state index in [0.29, 0.717) is 23.7 Å². The lowest BCUT2D eigenvalue weighted by Crippen LogP contribution is -2.13. The van der Waals surface area contributed by atoms with Gasteiger partial charge in [0.15, 0.2) is 0 Å². The van der Waals surface area contributed by atoms with Crippen LogP contribution in [0.3, 0.4) is 0 Å². The van der Waals surface area contributed by atoms with Crippen LogP contribution in [-0.2, 0) is 11.2 Å². The molecular formula is C49H39NO6. The van der Waals surface area contributed by atoms with Gasteiger partial charge in [0.1, 0.15) is 23.0 Å². The minimum atomic E-state index is -0.836. The van der Waals surface area contributed by atoms with Crippen LogP contribution in [0.2, 0.25) is 0 Å². The summed E-state index contributed by atoms with van der Waals surface area (Å²) in [5.74, 6) is 1.64. The molecule has 0 fully saturated rings. The number of hydrogen-bond acceptors (Lipinski definition) is 7. The number of para-hydroxylation sites is 2. The van der Waals surface area contributed by atoms with Gasteiger partial charge < -0.3 is 23.8 Å². The highest BCUT2D eigenvalue weighted by molar-refractivity contribution is 5.92. The number of carbonyl (C=O) groups is 2. The molecular weight excluding hydrogens is 699 g/mol. The second-order valence-electron chi connectivity index (χ2n) is 12.9. The molecule has 276 valence electrons. The average Bonchev–Trinajstić information content (AvgIpc) is 3.23. The lowest BCUT2D eigenvalue weighted by molar-refractivity contribution is -0.131. The Kier molecular flexibility index (Phi) is 11.6. The van der Waals surface area contributed by atoms with Crippen LogP contribution in [0.25, 0.3) is 11.6 Å². The minimum absolute atomic E-state index is 0.355. The van der Waals surface area contributed by atoms with Crippen molar-refractivity contribution in [1.82, 2.24) is 0 Å². The molecule has 0 amide bonds. The summed E-state index contributed by atoms with van der Waals surface area (Å²) >= 11 is 0. The van der Waals surface area contributed by atoms with Crippen molar-refractivity contribution in [3.05, 3.63) is 210 Å². The summed E-state index contributed by atoms with van der Waals surface area (Å²) in [6.07, 6.45) is 1.97. The van der Waals surface area contributed by atoms with Crippen molar-refractivity contribution in [3.63, 3.8) is 0 Å². The predicted octanol–water partition coefficient (Wildman–Crippen LogP) is 11.8. The van der Waals surface area contributed by atoms with Gasteiger partial charge in [-0.15, -0.1) is 0 Å². The molecule has 0 N–H and O–H groups in total. The van der Waals surface area contributed by atoms with Gasteiger partial charge in [0.25, 0.3) is 0 Å². The lowest BCUT2D eigenvalue weighted by Gasteiger charge is -2.25. The molecule has 0 saturated carbocycles. The van der Waals surface area contributed by atoms with Gasteiger partial charge in [-0.1, -0.05) is 97.1 Å². The standard InChI is InChI=1S/C49H39NO6/c1-35(51)54-45-25-15-36(16-26-45)33-37-17-27-46(28-18-37)55-49(52)56-47-31-21-40(22-32-47)48(39-19-29-44(53-2)30-20-39)34-38-13-23-43(24-14-38)50(41-9-5-3-6-10-41)42-11-7-4-8-12-42/h3-32,34H,33H2,1-2H3. The average molecular weight is 738 g/mol. The monoisotopic (exact) mass is 737 g/mol. The third-order valence-electron chi connectivity index (χ3n) is 8.98. The Morgan fingerprint density at radius 2 is 0.893 bits per heavy atom. The first-order chi connectivity index (χ1) is 27.4. The van der Waals surface area contributed by atoms with E-state index >= 15 is 0 Å². The number of ether oxygens (including phenoxy) is 4. The maximum absolute atomic E-state index is 12.8. The van der Waals surface area contributed by atoms with Crippen molar-refractivity contribution in [2.24, 2.45) is 0 Å². The smallest absolute Gasteiger partial charge is 0.497 e. The van der Waals surface area contributed by atoms with Crippen molar-refractivity contribution in [3.8, 4) is 23.0 Å². The van der Waals surface area contributed by atoms with Crippen LogP contribution in [0.1, 0.15) is 34.7 Å². The summed E-state index contributed by atoms with van der Waals surface area (Å²) in [7, 11) is 1.65. The Bertz CT molecular complexity index is 2350. The molecule has 0 atom stereocenters. The van der Waals surface area contributed by atoms with Crippen LogP contribution < -0.4 is 23.8 Å². The Hall–Kier alpha value is -7.38. The number of carbonyl (C=O) groups excluding carboxylic acids is 2. The van der Waals surface area contributed by atoms with Gasteiger partial charge in [-0.25, -0.2) is 4.79 Å². The predicted molar refractivity (Wildman–Crippen MR) is 221 cm³/mol. The van der Waals surface area contributed by atoms with E-state index in [0.717, 1.165) is 56.2 Å². The first kappa shape index (κ1) is 37.0. The fraction of sp³-hybridized carbons (Fsp3) is 0.0612. The molecule has 56 heavy (non-hydrogen) atoms. The second-order valence-corrected chi connectivity index (χ2v) is 12.9. The first-order valence-corrected chi connectivity index (χ1v) is 18.1. The molecule has 7 heteroatoms. The van der Waals surface area contributed by atoms with Gasteiger partial charge in [0.2, 0.25) is 0 Å². The number of benzene rings is 7. The molecule has 0 aliphatic carbocycles. The van der Waals surface area contributed by atoms with Crippen LogP contribution in [0.5, 0.6) is 23.0 Å². The van der Waals surface area contributed by atoms with E-state index in [4.69, 9.17) is 18.9 Å². The van der Waals surface area contributed by atoms with Crippen LogP contribution in [0.15, 0.2) is 182 Å². The lowest BCUT2D eigenvalue weighted by atomic mass is 9.95. The zero-order valence-electron chi connectivity index (χ0n) is 31.0. The maximum Gasteiger partial charge on any atom is 0.519 e. The van der Waals surface area contributed by atoms with Crippen molar-refractivity contribution in [2.45, 2.75) is 13.3 Å². The van der Waals surface area contributed by atoms with Crippen molar-refractivity contribution < 1.29 is 28.5 Å². The summed E-state index contributed by atoms with van der Waals surface area (Å²) in [5, 5.41) is 0. The number of rotatable bonds is 12. The Labute approximate surface area is 326 Å². The highest BCUT2D eigenvalue weighted by Crippen LogP contribution is 2.35. The van der Waals surface area contributed by atoms with Crippen molar-refractivity contribution in [2.75, 3.05) is 12.0 Å². The fourth-order valence-electron chi connectivity index (χ4n) is 6.26. The van der Waals surface area contributed by atoms with Gasteiger partial charge in [-0.3, -0.25) is 4.79 Å². The van der Waals surface area contributed by atoms with Crippen LogP contribution in [0, 0.1) is 0 Å². The maximum atomic E-state index is 12.8. The molecule has 0 aliphatic rings. The van der Waals surface area contributed by atoms with Gasteiger partial charge in [0.05, 0.1) is 7.11 Å². The third kappa shape index (κ3) is 9.58. The van der Waals surface area contributed by atoms with Crippen molar-refractivity contribution >= 4 is 40.8 Å². The topological polar surface area (TPSA) is 74.3 Å². The molecule has 0 unspecified atom stereocenters. The zero-order chi connectivity index (χ0) is 38.7. The largest absolute Gasteiger partial charge is 0.519 e. The summed E-state index contributed by atoms with van der Waals surface area (Å²) in [5.41, 5.74) is 9.21. The molecule has 0 aliphatic heterocycles. The van der Waals surface area contributed by atoms with Gasteiger partial charge in [-0.2, -0.15) is 0 Å². The van der Waals surface area contributed by atoms with Gasteiger partial charge >= 0.3 is 12.1 Å². The molecule has 0 radical (unpaired) electrons. The number of esters is 1. The van der Waals surface area contributed by atoms with E-state index in [-0.39, 0.29) is 5.97 Å². The van der Waals surface area contributed by atoms with E-state index in [1.54, 1.807) is 43.5 Å². The van der Waals surface area contributed by atoms with E-state index in [1.165, 1.54) is 6.92 Å². The fourth-order valence-corrected chi connectivity index (χ4v) is 6.26. The highest BCUT2D eigenvalue weighted by Gasteiger charge is 2.14. The molecule has 0 heterocycles. The summed E-state index contributed by atoms with van der Waals surface area (Å²) < 4.78 is 21.5. The van der Waals surface area contributed by atoms with E-state index in [1.807, 2.05) is 97.1 Å². The second kappa shape index (κ2) is 17.6. The molecule has 7 aromatic rings. The minimum Gasteiger partial charge on any atom is -0.497 e. The first-order valence-electron chi connectivity index (χ1n) is 18.1. The normalized spacial score (nSPS) is 11.0. The number of nitrogens with zero attached hydrogens (tertiary/aromatic N) is 1. The van der Waals surface area contributed by atoms with Crippen molar-refractivity contribution in [1.29, 1.82) is 0 Å². The molecule has 0 aromatic heterocycles. The molecule has 7 nitrogen and oxygen atoms in total. The number of hydrogen-bond donors (Lipinski definition) is 0. The quantitative estimate of drug-likeness (QED) is 0.0535. The van der Waals surface area contributed by atoms with Crippen LogP contribution >= 0.6 is 0 Å². The van der Waals surface area contributed by atoms with Crippen LogP contribution in [-0.4, -0.2) is 19.2 Å². The molecule has 7 aromatic carbocycles. The Morgan fingerprint density at radius 1 is 0.482 bits per heavy atom. The summed E-state index contributed by atoms with van der Waals surface area (Å²) in [6, 6.07) is 59.0. The molecule has 7 rings (SSSR count). The third-order valence-corrected chi connectivity index (χ3v) is 8.98. The van der Waals surface area contributed by atoms with Crippen LogP contribution in [0.4, 0.5) is 21.9 Å². The van der Waals surface area contributed by atoms with E-state index in [9.17, 15) is 9.59 Å². The highest BCUT2D eigenvalue weighted by atomic mass is 16.7. The number of methoxy groups -OCH3 is 1. The van der Waals surface area contributed by atoms with E-state index < -0.39 is 6.16 Å². The Morgan fingerprint density at radius 3 is 1.34 bits per heavy atom. The molecule has 0 bridgehead atoms. The molecule has 0 saturated heterocycles. The number of anilines is 3. The zero-order valence-corrected chi connectivity index (χ0v) is 31.0. The Balaban J connectivity index is 1.05. The summed E-state index contributed by atoms with van der Waals surface area (Å²) in [6.45, 7) is 1.37. The van der Waals surface area contributed by atoms with E-state index in [2.05, 4.69) is 59.5 Å². The summed E-state index contributed by atoms with van der Waals surface area (Å²) in [4.78, 5) is 26.2. The SMILES string of the molecule is COc1ccc(C(=Cc2ccc(N(c3ccccc3)c3ccccc3)cc2)c2ccc(OC(=O)Oc3ccc(Cc4ccc(OC(C)=O)cc4)cc3)cc2)cc1.